The Kier molecular flexibility index (Phi) is 3.76. The molecule has 5 nitrogen and oxygen atoms in total. The van der Waals surface area contributed by atoms with Crippen molar-refractivity contribution in [1.82, 2.24) is 5.01 Å². The van der Waals surface area contributed by atoms with E-state index in [0.29, 0.717) is 4.70 Å². The number of hydrogen-bond acceptors (Lipinski definition) is 2. The van der Waals surface area contributed by atoms with Gasteiger partial charge in [-0.2, -0.15) is 0 Å². The van der Waals surface area contributed by atoms with Crippen LogP contribution in [0.1, 0.15) is 12.8 Å². The van der Waals surface area contributed by atoms with E-state index in [1.165, 1.54) is 23.1 Å². The lowest BCUT2D eigenvalue weighted by atomic mass is 10.1. The summed E-state index contributed by atoms with van der Waals surface area (Å²) in [4.78, 5) is 0. The van der Waals surface area contributed by atoms with Gasteiger partial charge < -0.3 is 0 Å². The molecular weight excluding hydrogens is 310 g/mol. The predicted molar refractivity (Wildman–Crippen MR) is 101 cm³/mol. The maximum atomic E-state index is 2.45. The Bertz CT molecular complexity index is 814. The van der Waals surface area contributed by atoms with Gasteiger partial charge in [0.25, 0.3) is 0 Å². The molecule has 0 bridgehead atoms. The van der Waals surface area contributed by atoms with Gasteiger partial charge in [0.15, 0.2) is 11.4 Å². The fourth-order valence-corrected chi connectivity index (χ4v) is 4.05. The van der Waals surface area contributed by atoms with Gasteiger partial charge in [0.05, 0.1) is 14.1 Å². The van der Waals surface area contributed by atoms with Crippen molar-refractivity contribution in [3.63, 3.8) is 0 Å². The molecular formula is C20H28N5+3. The number of benzene rings is 1. The first kappa shape index (κ1) is 16.1. The van der Waals surface area contributed by atoms with Gasteiger partial charge in [0, 0.05) is 4.70 Å². The Balaban J connectivity index is 1.95. The van der Waals surface area contributed by atoms with Crippen LogP contribution in [0.25, 0.3) is 0 Å². The zero-order valence-corrected chi connectivity index (χ0v) is 15.7. The molecule has 1 aromatic rings. The van der Waals surface area contributed by atoms with E-state index in [1.54, 1.807) is 0 Å². The first-order chi connectivity index (χ1) is 12.0. The second-order valence-corrected chi connectivity index (χ2v) is 7.39. The summed E-state index contributed by atoms with van der Waals surface area (Å²) in [7, 11) is 8.93. The number of rotatable bonds is 2. The number of hydrogen-bond donors (Lipinski definition) is 0. The molecule has 2 heterocycles. The highest BCUT2D eigenvalue weighted by Crippen LogP contribution is 2.34. The smallest absolute Gasteiger partial charge is 0.249 e. The van der Waals surface area contributed by atoms with E-state index in [-0.39, 0.29) is 0 Å². The summed E-state index contributed by atoms with van der Waals surface area (Å²) in [6.45, 7) is 2.06. The Morgan fingerprint density at radius 2 is 1.52 bits per heavy atom. The lowest BCUT2D eigenvalue weighted by Gasteiger charge is -2.28. The predicted octanol–water partition coefficient (Wildman–Crippen LogP) is 2.04. The number of fused-ring (bicyclic) bond motifs is 1. The van der Waals surface area contributed by atoms with Crippen LogP contribution in [-0.4, -0.2) is 71.8 Å². The van der Waals surface area contributed by atoms with Crippen molar-refractivity contribution in [2.24, 2.45) is 0 Å². The largest absolute Gasteiger partial charge is 0.427 e. The molecule has 1 aromatic carbocycles. The van der Waals surface area contributed by atoms with Crippen LogP contribution >= 0.6 is 0 Å². The lowest BCUT2D eigenvalue weighted by molar-refractivity contribution is -0.980. The first-order valence-electron chi connectivity index (χ1n) is 9.05. The molecule has 2 aliphatic heterocycles. The van der Waals surface area contributed by atoms with Gasteiger partial charge in [-0.15, -0.1) is 0 Å². The molecule has 1 saturated heterocycles. The molecule has 0 N–H and O–H groups in total. The average molecular weight is 338 g/mol. The molecule has 0 atom stereocenters. The topological polar surface area (TPSA) is 12.5 Å². The number of nitrogens with zero attached hydrogens (tertiary/aromatic N) is 5. The van der Waals surface area contributed by atoms with Crippen LogP contribution in [0, 0.1) is 0 Å². The van der Waals surface area contributed by atoms with Crippen LogP contribution < -0.4 is 5.01 Å². The van der Waals surface area contributed by atoms with Gasteiger partial charge >= 0.3 is 11.7 Å². The van der Waals surface area contributed by atoms with E-state index >= 15 is 0 Å². The van der Waals surface area contributed by atoms with E-state index in [1.807, 2.05) is 0 Å². The SMILES string of the molecule is C[N+]1=C2C(=[N+](C)CC1)N(c1ccccc1)[N+](C)(C)N2C1=CCCC=C1. The fraction of sp³-hybridized carbons (Fsp3) is 0.400. The molecule has 3 aliphatic rings. The van der Waals surface area contributed by atoms with Crippen molar-refractivity contribution < 1.29 is 13.9 Å². The van der Waals surface area contributed by atoms with Gasteiger partial charge in [-0.3, -0.25) is 0 Å². The Morgan fingerprint density at radius 1 is 0.880 bits per heavy atom. The monoisotopic (exact) mass is 338 g/mol. The van der Waals surface area contributed by atoms with Gasteiger partial charge in [0.1, 0.15) is 27.2 Å². The Morgan fingerprint density at radius 3 is 2.12 bits per heavy atom. The maximum Gasteiger partial charge on any atom is 0.427 e. The molecule has 0 radical (unpaired) electrons. The van der Waals surface area contributed by atoms with E-state index in [4.69, 9.17) is 0 Å². The summed E-state index contributed by atoms with van der Waals surface area (Å²) in [6.07, 6.45) is 9.16. The zero-order chi connectivity index (χ0) is 17.6. The highest BCUT2D eigenvalue weighted by Gasteiger charge is 2.66. The summed E-state index contributed by atoms with van der Waals surface area (Å²) in [5.41, 5.74) is 2.49. The van der Waals surface area contributed by atoms with Crippen molar-refractivity contribution in [2.45, 2.75) is 12.8 Å². The van der Waals surface area contributed by atoms with Crippen LogP contribution in [0.2, 0.25) is 0 Å². The van der Waals surface area contributed by atoms with E-state index < -0.39 is 0 Å². The third-order valence-corrected chi connectivity index (χ3v) is 5.29. The van der Waals surface area contributed by atoms with Crippen molar-refractivity contribution in [3.8, 4) is 0 Å². The number of anilines is 1. The van der Waals surface area contributed by atoms with Crippen LogP contribution in [0.3, 0.4) is 0 Å². The van der Waals surface area contributed by atoms with Crippen LogP contribution in [0.5, 0.6) is 0 Å². The number of para-hydroxylation sites is 1. The fourth-order valence-electron chi connectivity index (χ4n) is 4.05. The molecule has 0 aromatic heterocycles. The molecule has 25 heavy (non-hydrogen) atoms. The summed E-state index contributed by atoms with van der Waals surface area (Å²) < 4.78 is 5.40. The summed E-state index contributed by atoms with van der Waals surface area (Å²) >= 11 is 0. The average Bonchev–Trinajstić information content (AvgIpc) is 2.88. The Labute approximate surface area is 150 Å². The summed E-state index contributed by atoms with van der Waals surface area (Å²) in [6, 6.07) is 10.7. The molecule has 0 spiro atoms. The molecule has 1 fully saturated rings. The standard InChI is InChI=1S/C20H28N5/c1-21-15-16-22(2)20-19(21)23(17-11-7-5-8-12-17)25(3,4)24(20)18-13-9-6-10-14-18/h5,7-9,11-14H,6,10,15-16H2,1-4H3/q+3. The molecule has 1 aliphatic carbocycles. The van der Waals surface area contributed by atoms with Gasteiger partial charge in [-0.05, 0) is 47.1 Å². The normalized spacial score (nSPS) is 22.5. The minimum Gasteiger partial charge on any atom is -0.249 e. The maximum absolute atomic E-state index is 2.45. The second-order valence-electron chi connectivity index (χ2n) is 7.39. The van der Waals surface area contributed by atoms with Crippen molar-refractivity contribution in [2.75, 3.05) is 46.3 Å². The molecule has 4 rings (SSSR count). The third kappa shape index (κ3) is 2.42. The van der Waals surface area contributed by atoms with Gasteiger partial charge in [-0.1, -0.05) is 24.3 Å². The summed E-state index contributed by atoms with van der Waals surface area (Å²) in [5, 5.41) is 4.88. The lowest BCUT2D eigenvalue weighted by Crippen LogP contribution is -2.58. The number of likely N-dealkylation sites (N-methyl/N-ethyl adjacent to an activating group) is 2. The van der Waals surface area contributed by atoms with Crippen LogP contribution in [0.4, 0.5) is 5.69 Å². The second kappa shape index (κ2) is 5.85. The van der Waals surface area contributed by atoms with Crippen molar-refractivity contribution in [1.29, 1.82) is 0 Å². The number of allylic oxidation sites excluding steroid dienone is 3. The van der Waals surface area contributed by atoms with Crippen molar-refractivity contribution >= 4 is 17.4 Å². The van der Waals surface area contributed by atoms with Gasteiger partial charge in [0.2, 0.25) is 0 Å². The minimum atomic E-state index is 0.625. The third-order valence-electron chi connectivity index (χ3n) is 5.29. The quantitative estimate of drug-likeness (QED) is 0.604. The number of quaternary nitrogens is 1. The highest BCUT2D eigenvalue weighted by molar-refractivity contribution is 6.42. The molecule has 0 unspecified atom stereocenters. The minimum absolute atomic E-state index is 0.625. The molecule has 5 heteroatoms. The summed E-state index contributed by atoms with van der Waals surface area (Å²) in [5.74, 6) is 2.55. The molecule has 0 amide bonds. The van der Waals surface area contributed by atoms with Crippen molar-refractivity contribution in [3.05, 3.63) is 54.3 Å². The van der Waals surface area contributed by atoms with E-state index in [2.05, 4.69) is 95.9 Å². The van der Waals surface area contributed by atoms with E-state index in [0.717, 1.165) is 25.9 Å². The first-order valence-corrected chi connectivity index (χ1v) is 9.05. The van der Waals surface area contributed by atoms with E-state index in [9.17, 15) is 0 Å². The van der Waals surface area contributed by atoms with Gasteiger partial charge in [-0.25, -0.2) is 9.15 Å². The highest BCUT2D eigenvalue weighted by atomic mass is 16.0. The zero-order valence-electron chi connectivity index (χ0n) is 15.7. The van der Waals surface area contributed by atoms with Crippen LogP contribution in [-0.2, 0) is 0 Å². The Hall–Kier alpha value is -2.40. The van der Waals surface area contributed by atoms with Crippen LogP contribution in [0.15, 0.2) is 54.3 Å². The molecule has 130 valence electrons. The number of amidine groups is 2. The molecule has 0 saturated carbocycles.